The lowest BCUT2D eigenvalue weighted by molar-refractivity contribution is 0.0999. The molecule has 2 heterocycles. The number of pyridine rings is 1. The summed E-state index contributed by atoms with van der Waals surface area (Å²) in [5.41, 5.74) is 2.83. The number of benzene rings is 2. The average Bonchev–Trinajstić information content (AvgIpc) is 2.78. The topological polar surface area (TPSA) is 101 Å². The van der Waals surface area contributed by atoms with Gasteiger partial charge in [0.15, 0.2) is 16.9 Å². The molecule has 0 radical (unpaired) electrons. The fourth-order valence-electron chi connectivity index (χ4n) is 3.72. The zero-order valence-electron chi connectivity index (χ0n) is 17.4. The van der Waals surface area contributed by atoms with Gasteiger partial charge in [-0.1, -0.05) is 42.5 Å². The van der Waals surface area contributed by atoms with Crippen LogP contribution in [0.4, 0.5) is 0 Å². The van der Waals surface area contributed by atoms with Gasteiger partial charge in [0.05, 0.1) is 18.8 Å². The smallest absolute Gasteiger partial charge is 0.322 e. The van der Waals surface area contributed by atoms with Crippen molar-refractivity contribution in [1.82, 2.24) is 4.68 Å². The van der Waals surface area contributed by atoms with Crippen molar-refractivity contribution in [1.29, 1.82) is 0 Å². The van der Waals surface area contributed by atoms with E-state index in [1.54, 1.807) is 16.8 Å². The van der Waals surface area contributed by atoms with Crippen LogP contribution in [0.5, 0.6) is 11.5 Å². The SMILES string of the molecule is C=C(C)CN1Cc2cc(OCc3ccccc3)c(O)cc2-c2cc(=O)c(C(=O)N=O)cn21. The van der Waals surface area contributed by atoms with E-state index in [4.69, 9.17) is 4.74 Å². The second kappa shape index (κ2) is 8.50. The number of aromatic hydroxyl groups is 1. The normalized spacial score (nSPS) is 12.0. The second-order valence-electron chi connectivity index (χ2n) is 7.71. The van der Waals surface area contributed by atoms with Gasteiger partial charge in [-0.15, -0.1) is 4.91 Å². The summed E-state index contributed by atoms with van der Waals surface area (Å²) in [7, 11) is 0. The second-order valence-corrected chi connectivity index (χ2v) is 7.71. The van der Waals surface area contributed by atoms with Crippen molar-refractivity contribution in [2.45, 2.75) is 20.1 Å². The molecule has 1 aliphatic heterocycles. The summed E-state index contributed by atoms with van der Waals surface area (Å²) in [6.45, 7) is 6.95. The van der Waals surface area contributed by atoms with Crippen LogP contribution in [-0.4, -0.2) is 22.2 Å². The number of carbonyl (C=O) groups excluding carboxylic acids is 1. The Kier molecular flexibility index (Phi) is 5.59. The molecule has 1 aliphatic rings. The minimum atomic E-state index is -1.13. The van der Waals surface area contributed by atoms with Crippen LogP contribution < -0.4 is 15.2 Å². The average molecular weight is 431 g/mol. The molecule has 0 spiro atoms. The number of amides is 1. The molecule has 2 aromatic carbocycles. The lowest BCUT2D eigenvalue weighted by atomic mass is 9.99. The highest BCUT2D eigenvalue weighted by Gasteiger charge is 2.26. The van der Waals surface area contributed by atoms with Crippen LogP contribution in [0.25, 0.3) is 11.3 Å². The summed E-state index contributed by atoms with van der Waals surface area (Å²) < 4.78 is 7.46. The first-order valence-electron chi connectivity index (χ1n) is 9.94. The molecular formula is C24H21N3O5. The number of carbonyl (C=O) groups is 1. The Hall–Kier alpha value is -4.20. The minimum absolute atomic E-state index is 0.0678. The van der Waals surface area contributed by atoms with Crippen LogP contribution in [0.1, 0.15) is 28.4 Å². The largest absolute Gasteiger partial charge is 0.504 e. The van der Waals surface area contributed by atoms with Crippen molar-refractivity contribution in [3.05, 3.63) is 98.7 Å². The summed E-state index contributed by atoms with van der Waals surface area (Å²) in [4.78, 5) is 35.0. The van der Waals surface area contributed by atoms with Gasteiger partial charge in [0, 0.05) is 23.0 Å². The quantitative estimate of drug-likeness (QED) is 0.471. The zero-order chi connectivity index (χ0) is 22.8. The van der Waals surface area contributed by atoms with E-state index in [1.165, 1.54) is 12.3 Å². The molecule has 0 unspecified atom stereocenters. The zero-order valence-corrected chi connectivity index (χ0v) is 17.4. The van der Waals surface area contributed by atoms with E-state index < -0.39 is 11.3 Å². The Bertz CT molecular complexity index is 1280. The van der Waals surface area contributed by atoms with Crippen molar-refractivity contribution in [2.24, 2.45) is 5.18 Å². The number of phenols is 1. The van der Waals surface area contributed by atoms with E-state index in [9.17, 15) is 19.6 Å². The monoisotopic (exact) mass is 431 g/mol. The van der Waals surface area contributed by atoms with Gasteiger partial charge in [0.25, 0.3) is 0 Å². The van der Waals surface area contributed by atoms with Crippen molar-refractivity contribution in [3.63, 3.8) is 0 Å². The van der Waals surface area contributed by atoms with Gasteiger partial charge in [-0.3, -0.25) is 14.3 Å². The summed E-state index contributed by atoms with van der Waals surface area (Å²) in [6.07, 6.45) is 1.31. The fraction of sp³-hybridized carbons (Fsp3) is 0.167. The Morgan fingerprint density at radius 1 is 1.22 bits per heavy atom. The lowest BCUT2D eigenvalue weighted by Gasteiger charge is -2.35. The Morgan fingerprint density at radius 3 is 2.66 bits per heavy atom. The highest BCUT2D eigenvalue weighted by atomic mass is 16.5. The molecule has 0 saturated heterocycles. The number of nitroso groups, excluding NO2 is 1. The maximum Gasteiger partial charge on any atom is 0.322 e. The maximum atomic E-state index is 12.5. The standard InChI is InChI=1S/C24H21N3O5/c1-15(2)11-26-12-17-8-23(32-14-16-6-4-3-5-7-16)22(29)9-18(17)20-10-21(28)19(13-27(20)26)24(30)25-31/h3-10,13,29H,1,11-12,14H2,2H3. The van der Waals surface area contributed by atoms with E-state index in [0.717, 1.165) is 16.7 Å². The summed E-state index contributed by atoms with van der Waals surface area (Å²) in [5.74, 6) is -0.865. The number of rotatable bonds is 6. The number of hydrogen-bond acceptors (Lipinski definition) is 6. The van der Waals surface area contributed by atoms with Gasteiger partial charge in [-0.2, -0.15) is 0 Å². The summed E-state index contributed by atoms with van der Waals surface area (Å²) in [5, 5.41) is 14.8. The van der Waals surface area contributed by atoms with Crippen LogP contribution in [0.2, 0.25) is 0 Å². The van der Waals surface area contributed by atoms with Crippen LogP contribution in [0, 0.1) is 4.91 Å². The van der Waals surface area contributed by atoms with Gasteiger partial charge in [-0.05, 0) is 30.2 Å². The van der Waals surface area contributed by atoms with E-state index in [2.05, 4.69) is 11.8 Å². The number of nitrogens with zero attached hydrogens (tertiary/aromatic N) is 3. The number of fused-ring (bicyclic) bond motifs is 3. The molecular weight excluding hydrogens is 410 g/mol. The lowest BCUT2D eigenvalue weighted by Crippen LogP contribution is -2.40. The van der Waals surface area contributed by atoms with E-state index in [0.29, 0.717) is 36.7 Å². The molecule has 0 fully saturated rings. The summed E-state index contributed by atoms with van der Waals surface area (Å²) in [6, 6.07) is 14.2. The van der Waals surface area contributed by atoms with E-state index in [1.807, 2.05) is 42.3 Å². The highest BCUT2D eigenvalue weighted by molar-refractivity contribution is 5.94. The van der Waals surface area contributed by atoms with Crippen LogP contribution in [0.3, 0.4) is 0 Å². The van der Waals surface area contributed by atoms with Crippen molar-refractivity contribution >= 4 is 5.91 Å². The van der Waals surface area contributed by atoms with Crippen LogP contribution in [-0.2, 0) is 13.2 Å². The number of phenolic OH excluding ortho intramolecular Hbond substituents is 1. The third-order valence-electron chi connectivity index (χ3n) is 5.15. The molecule has 3 aromatic rings. The molecule has 8 nitrogen and oxygen atoms in total. The number of hydrogen-bond donors (Lipinski definition) is 1. The first-order valence-corrected chi connectivity index (χ1v) is 9.94. The molecule has 1 amide bonds. The molecule has 0 bridgehead atoms. The Balaban J connectivity index is 1.78. The predicted octanol–water partition coefficient (Wildman–Crippen LogP) is 3.73. The number of aromatic nitrogens is 1. The van der Waals surface area contributed by atoms with E-state index >= 15 is 0 Å². The van der Waals surface area contributed by atoms with Gasteiger partial charge >= 0.3 is 5.91 Å². The van der Waals surface area contributed by atoms with Crippen molar-refractivity contribution in [2.75, 3.05) is 11.6 Å². The summed E-state index contributed by atoms with van der Waals surface area (Å²) >= 11 is 0. The van der Waals surface area contributed by atoms with Gasteiger partial charge < -0.3 is 14.9 Å². The minimum Gasteiger partial charge on any atom is -0.504 e. The first-order chi connectivity index (χ1) is 15.4. The molecule has 0 aliphatic carbocycles. The van der Waals surface area contributed by atoms with Gasteiger partial charge in [0.2, 0.25) is 0 Å². The molecule has 32 heavy (non-hydrogen) atoms. The third kappa shape index (κ3) is 4.02. The van der Waals surface area contributed by atoms with Crippen molar-refractivity contribution in [3.8, 4) is 22.8 Å². The Labute approximate surface area is 183 Å². The Morgan fingerprint density at radius 2 is 1.97 bits per heavy atom. The maximum absolute atomic E-state index is 12.5. The van der Waals surface area contributed by atoms with Crippen molar-refractivity contribution < 1.29 is 14.6 Å². The van der Waals surface area contributed by atoms with Gasteiger partial charge in [0.1, 0.15) is 12.2 Å². The number of ether oxygens (including phenoxy) is 1. The molecule has 0 saturated carbocycles. The first kappa shape index (κ1) is 21.0. The molecule has 162 valence electrons. The molecule has 0 atom stereocenters. The van der Waals surface area contributed by atoms with Crippen LogP contribution >= 0.6 is 0 Å². The molecule has 8 heteroatoms. The molecule has 1 aromatic heterocycles. The van der Waals surface area contributed by atoms with E-state index in [-0.39, 0.29) is 11.3 Å². The predicted molar refractivity (Wildman–Crippen MR) is 120 cm³/mol. The van der Waals surface area contributed by atoms with Gasteiger partial charge in [-0.25, -0.2) is 0 Å². The highest BCUT2D eigenvalue weighted by Crippen LogP contribution is 2.38. The third-order valence-corrected chi connectivity index (χ3v) is 5.15. The van der Waals surface area contributed by atoms with Crippen LogP contribution in [0.15, 0.2) is 76.9 Å². The molecule has 4 rings (SSSR count). The fourth-order valence-corrected chi connectivity index (χ4v) is 3.72. The molecule has 1 N–H and O–H groups in total.